The van der Waals surface area contributed by atoms with Crippen molar-refractivity contribution in [1.82, 2.24) is 14.7 Å². The number of carbonyl (C=O) groups excluding carboxylic acids is 3. The van der Waals surface area contributed by atoms with Gasteiger partial charge in [-0.1, -0.05) is 74.9 Å². The molecule has 8 heteroatoms. The Hall–Kier alpha value is -2.58. The van der Waals surface area contributed by atoms with E-state index in [1.165, 1.54) is 0 Å². The van der Waals surface area contributed by atoms with Crippen LogP contribution in [0.3, 0.4) is 0 Å². The minimum Gasteiger partial charge on any atom is -0.394 e. The molecule has 3 amide bonds. The highest BCUT2D eigenvalue weighted by molar-refractivity contribution is 8.02. The quantitative estimate of drug-likeness (QED) is 0.580. The summed E-state index contributed by atoms with van der Waals surface area (Å²) in [6.07, 6.45) is 8.87. The second-order valence-electron chi connectivity index (χ2n) is 11.1. The number of amides is 3. The number of nitrogens with zero attached hydrogens (tertiary/aromatic N) is 3. The van der Waals surface area contributed by atoms with Crippen LogP contribution in [0.25, 0.3) is 0 Å². The van der Waals surface area contributed by atoms with E-state index in [2.05, 4.69) is 6.08 Å². The summed E-state index contributed by atoms with van der Waals surface area (Å²) in [5.74, 6) is -1.65. The average molecular weight is 524 g/mol. The Morgan fingerprint density at radius 3 is 2.41 bits per heavy atom. The number of rotatable bonds is 6. The zero-order chi connectivity index (χ0) is 26.5. The first kappa shape index (κ1) is 26.0. The van der Waals surface area contributed by atoms with Gasteiger partial charge in [0.2, 0.25) is 17.7 Å². The third kappa shape index (κ3) is 3.95. The summed E-state index contributed by atoms with van der Waals surface area (Å²) in [5.41, 5.74) is 1.02. The standard InChI is InChI=1S/C29H37N3O4S/c1-5-19(2)21(18-33)32-24-27(36)31(17-20-11-7-6-8-12-20)16-10-14-29(24)23(26(32)35)22-25(34)30(4)15-9-13-28(22,3)37-29/h6-14,19,21-24,33H,5,15-18H2,1-4H3/t19-,21-,22+,23-,24?,28-,29-/m0/s1. The number of fused-ring (bicyclic) bond motifs is 2. The van der Waals surface area contributed by atoms with Crippen molar-refractivity contribution < 1.29 is 19.5 Å². The molecule has 4 heterocycles. The molecule has 1 aromatic rings. The number of aliphatic hydroxyl groups excluding tert-OH is 1. The lowest BCUT2D eigenvalue weighted by atomic mass is 9.74. The molecule has 0 bridgehead atoms. The molecule has 198 valence electrons. The van der Waals surface area contributed by atoms with E-state index < -0.39 is 33.4 Å². The van der Waals surface area contributed by atoms with Crippen LogP contribution >= 0.6 is 11.8 Å². The Balaban J connectivity index is 1.65. The van der Waals surface area contributed by atoms with E-state index in [9.17, 15) is 19.5 Å². The molecule has 0 aliphatic carbocycles. The van der Waals surface area contributed by atoms with Crippen LogP contribution in [0.2, 0.25) is 0 Å². The van der Waals surface area contributed by atoms with Gasteiger partial charge in [0, 0.05) is 31.4 Å². The first-order valence-corrected chi connectivity index (χ1v) is 14.1. The van der Waals surface area contributed by atoms with Gasteiger partial charge in [-0.15, -0.1) is 11.8 Å². The number of benzene rings is 1. The lowest BCUT2D eigenvalue weighted by Crippen LogP contribution is -2.58. The number of hydrogen-bond acceptors (Lipinski definition) is 5. The normalized spacial score (nSPS) is 34.7. The van der Waals surface area contributed by atoms with Crippen molar-refractivity contribution in [3.05, 3.63) is 60.2 Å². The third-order valence-corrected chi connectivity index (χ3v) is 10.6. The molecule has 37 heavy (non-hydrogen) atoms. The molecule has 0 radical (unpaired) electrons. The summed E-state index contributed by atoms with van der Waals surface area (Å²) in [4.78, 5) is 47.8. The number of aliphatic hydroxyl groups is 1. The van der Waals surface area contributed by atoms with E-state index in [0.717, 1.165) is 12.0 Å². The van der Waals surface area contributed by atoms with Gasteiger partial charge in [0.1, 0.15) is 6.04 Å². The van der Waals surface area contributed by atoms with Gasteiger partial charge in [-0.05, 0) is 18.4 Å². The number of thioether (sulfide) groups is 1. The van der Waals surface area contributed by atoms with Crippen LogP contribution in [-0.2, 0) is 20.9 Å². The van der Waals surface area contributed by atoms with Crippen molar-refractivity contribution in [1.29, 1.82) is 0 Å². The molecular weight excluding hydrogens is 486 g/mol. The summed E-state index contributed by atoms with van der Waals surface area (Å²) in [6, 6.07) is 8.56. The van der Waals surface area contributed by atoms with Crippen molar-refractivity contribution in [2.45, 2.75) is 55.3 Å². The fraction of sp³-hybridized carbons (Fsp3) is 0.552. The van der Waals surface area contributed by atoms with Crippen molar-refractivity contribution in [2.24, 2.45) is 17.8 Å². The SMILES string of the molecule is CC[C@H](C)[C@H](CO)N1C(=O)[C@@H]2[C@@H]3C(=O)N(C)CC=C[C@]3(C)S[C@@]23C=CCN(Cc2ccccc2)C(=O)C13. The summed E-state index contributed by atoms with van der Waals surface area (Å²) in [6.45, 7) is 7.21. The van der Waals surface area contributed by atoms with Crippen molar-refractivity contribution in [3.63, 3.8) is 0 Å². The molecular formula is C29H37N3O4S. The maximum absolute atomic E-state index is 14.5. The van der Waals surface area contributed by atoms with Crippen molar-refractivity contribution in [3.8, 4) is 0 Å². The highest BCUT2D eigenvalue weighted by Crippen LogP contribution is 2.66. The third-order valence-electron chi connectivity index (χ3n) is 8.84. The van der Waals surface area contributed by atoms with Crippen molar-refractivity contribution in [2.75, 3.05) is 26.7 Å². The average Bonchev–Trinajstić information content (AvgIpc) is 3.17. The molecule has 0 aromatic heterocycles. The predicted molar refractivity (Wildman–Crippen MR) is 144 cm³/mol. The molecule has 5 rings (SSSR count). The van der Waals surface area contributed by atoms with E-state index >= 15 is 0 Å². The first-order valence-electron chi connectivity index (χ1n) is 13.2. The lowest BCUT2D eigenvalue weighted by Gasteiger charge is -2.41. The first-order chi connectivity index (χ1) is 17.7. The molecule has 1 unspecified atom stereocenters. The number of likely N-dealkylation sites (tertiary alicyclic amines) is 1. The van der Waals surface area contributed by atoms with Crippen LogP contribution in [-0.4, -0.2) is 85.8 Å². The molecule has 1 N–H and O–H groups in total. The summed E-state index contributed by atoms with van der Waals surface area (Å²) in [7, 11) is 1.77. The molecule has 0 saturated carbocycles. The van der Waals surface area contributed by atoms with E-state index in [0.29, 0.717) is 19.6 Å². The van der Waals surface area contributed by atoms with E-state index in [1.807, 2.05) is 69.3 Å². The zero-order valence-electron chi connectivity index (χ0n) is 22.0. The van der Waals surface area contributed by atoms with E-state index in [1.54, 1.807) is 33.5 Å². The molecule has 4 aliphatic rings. The Bertz CT molecular complexity index is 1140. The van der Waals surface area contributed by atoms with Crippen LogP contribution in [0.4, 0.5) is 0 Å². The molecule has 2 saturated heterocycles. The Morgan fingerprint density at radius 2 is 1.73 bits per heavy atom. The minimum absolute atomic E-state index is 0.00350. The molecule has 7 nitrogen and oxygen atoms in total. The van der Waals surface area contributed by atoms with Gasteiger partial charge < -0.3 is 19.8 Å². The minimum atomic E-state index is -0.891. The largest absolute Gasteiger partial charge is 0.394 e. The van der Waals surface area contributed by atoms with Gasteiger partial charge in [-0.25, -0.2) is 0 Å². The maximum atomic E-state index is 14.5. The topological polar surface area (TPSA) is 81.2 Å². The van der Waals surface area contributed by atoms with Gasteiger partial charge in [0.15, 0.2) is 0 Å². The zero-order valence-corrected chi connectivity index (χ0v) is 22.9. The highest BCUT2D eigenvalue weighted by Gasteiger charge is 2.74. The lowest BCUT2D eigenvalue weighted by molar-refractivity contribution is -0.148. The summed E-state index contributed by atoms with van der Waals surface area (Å²) in [5, 5.41) is 10.5. The van der Waals surface area contributed by atoms with E-state index in [4.69, 9.17) is 0 Å². The van der Waals surface area contributed by atoms with Crippen LogP contribution in [0.1, 0.15) is 32.8 Å². The molecule has 2 fully saturated rings. The van der Waals surface area contributed by atoms with Gasteiger partial charge >= 0.3 is 0 Å². The molecule has 1 spiro atoms. The Kier molecular flexibility index (Phi) is 6.77. The fourth-order valence-corrected chi connectivity index (χ4v) is 8.89. The van der Waals surface area contributed by atoms with Gasteiger partial charge in [0.25, 0.3) is 0 Å². The monoisotopic (exact) mass is 523 g/mol. The van der Waals surface area contributed by atoms with Crippen LogP contribution in [0.5, 0.6) is 0 Å². The fourth-order valence-electron chi connectivity index (χ4n) is 6.75. The van der Waals surface area contributed by atoms with Crippen LogP contribution < -0.4 is 0 Å². The second kappa shape index (κ2) is 9.62. The van der Waals surface area contributed by atoms with Gasteiger partial charge in [0.05, 0.1) is 29.2 Å². The molecule has 7 atom stereocenters. The van der Waals surface area contributed by atoms with Crippen LogP contribution in [0.15, 0.2) is 54.6 Å². The predicted octanol–water partition coefficient (Wildman–Crippen LogP) is 2.71. The Morgan fingerprint density at radius 1 is 1.03 bits per heavy atom. The maximum Gasteiger partial charge on any atom is 0.247 e. The summed E-state index contributed by atoms with van der Waals surface area (Å²) >= 11 is 1.59. The second-order valence-corrected chi connectivity index (χ2v) is 12.9. The van der Waals surface area contributed by atoms with Crippen molar-refractivity contribution >= 4 is 29.5 Å². The van der Waals surface area contributed by atoms with E-state index in [-0.39, 0.29) is 30.2 Å². The smallest absolute Gasteiger partial charge is 0.247 e. The van der Waals surface area contributed by atoms with Gasteiger partial charge in [-0.2, -0.15) is 0 Å². The van der Waals surface area contributed by atoms with Gasteiger partial charge in [-0.3, -0.25) is 14.4 Å². The highest BCUT2D eigenvalue weighted by atomic mass is 32.2. The Labute approximate surface area is 223 Å². The number of likely N-dealkylation sites (N-methyl/N-ethyl adjacent to an activating group) is 1. The summed E-state index contributed by atoms with van der Waals surface area (Å²) < 4.78 is -1.51. The molecule has 1 aromatic carbocycles. The van der Waals surface area contributed by atoms with Crippen LogP contribution in [0, 0.1) is 17.8 Å². The number of hydrogen-bond donors (Lipinski definition) is 1. The number of carbonyl (C=O) groups is 3. The molecule has 4 aliphatic heterocycles.